The van der Waals surface area contributed by atoms with Gasteiger partial charge in [0.15, 0.2) is 34.2 Å². The molecule has 0 bridgehead atoms. The molecule has 21 nitrogen and oxygen atoms in total. The third-order valence-corrected chi connectivity index (χ3v) is 11.2. The van der Waals surface area contributed by atoms with Crippen LogP contribution in [-0.2, 0) is 32.0 Å². The van der Waals surface area contributed by atoms with Gasteiger partial charge >= 0.3 is 15.6 Å². The maximum absolute atomic E-state index is 12.2. The van der Waals surface area contributed by atoms with Crippen molar-refractivity contribution in [3.63, 3.8) is 0 Å². The minimum Gasteiger partial charge on any atom is -0.387 e. The van der Waals surface area contributed by atoms with Gasteiger partial charge in [-0.15, -0.1) is 0 Å². The molecule has 0 aliphatic carbocycles. The van der Waals surface area contributed by atoms with Crippen molar-refractivity contribution < 1.29 is 67.3 Å². The first-order valence-electron chi connectivity index (χ1n) is 16.4. The van der Waals surface area contributed by atoms with E-state index in [9.17, 15) is 44.4 Å². The number of halogens is 1. The predicted octanol–water partition coefficient (Wildman–Crippen LogP) is 0.176. The molecule has 2 aliphatic heterocycles. The summed E-state index contributed by atoms with van der Waals surface area (Å²) < 4.78 is 49.1. The van der Waals surface area contributed by atoms with Crippen molar-refractivity contribution in [1.82, 2.24) is 29.3 Å². The highest BCUT2D eigenvalue weighted by molar-refractivity contribution is 9.10. The van der Waals surface area contributed by atoms with Crippen LogP contribution >= 0.6 is 31.6 Å². The van der Waals surface area contributed by atoms with Gasteiger partial charge in [-0.05, 0) is 55.2 Å². The number of phosphoric acid groups is 2. The van der Waals surface area contributed by atoms with Gasteiger partial charge in [0.2, 0.25) is 0 Å². The standard InChI is InChI=1S/C15H22BrN5O14P2.2C6H15N/c16-15-20-6-11(17)18-3-19-12(6)21(15)13-9(24)7(22)4(33-13)1-31-36(27,28)35-37(29,30)32-2-5-8(23)10(25)14(26)34-5;2*1-4-7(5-2)6-3/h3-5,7-10,13-14,22-26H,1-2H2,(H,27,28)(H,29,30)(H2,17,18,19);2*4-6H2,1-3H3/t4-,5-,7-,8-,9-,10-,13-,14?;;/m1../s1. The number of aliphatic hydroxyl groups is 5. The molecular formula is C27H52BrN7O14P2. The molecule has 2 aromatic rings. The summed E-state index contributed by atoms with van der Waals surface area (Å²) in [6.07, 6.45) is -11.5. The molecule has 2 fully saturated rings. The van der Waals surface area contributed by atoms with Crippen LogP contribution in [0.15, 0.2) is 11.1 Å². The topological polar surface area (TPSA) is 298 Å². The van der Waals surface area contributed by atoms with Crippen molar-refractivity contribution in [2.45, 2.75) is 90.7 Å². The lowest BCUT2D eigenvalue weighted by atomic mass is 10.1. The van der Waals surface area contributed by atoms with Crippen LogP contribution < -0.4 is 5.73 Å². The van der Waals surface area contributed by atoms with Crippen LogP contribution in [0.5, 0.6) is 0 Å². The van der Waals surface area contributed by atoms with Gasteiger partial charge in [-0.3, -0.25) is 13.6 Å². The van der Waals surface area contributed by atoms with Gasteiger partial charge in [-0.25, -0.2) is 24.1 Å². The molecule has 10 atom stereocenters. The van der Waals surface area contributed by atoms with Gasteiger partial charge in [-0.1, -0.05) is 41.5 Å². The lowest BCUT2D eigenvalue weighted by Crippen LogP contribution is -2.34. The molecule has 4 heterocycles. The SMILES string of the molecule is CCN(CC)CC.CCN(CC)CC.Nc1ncnc2c1nc(Br)n2[C@@H]1O[C@H](COP(=O)(O)OP(=O)(O)OC[C@H]2OC(O)[C@H](O)[C@@H]2O)[C@@H](O)[C@H]1O. The van der Waals surface area contributed by atoms with Crippen molar-refractivity contribution in [2.75, 3.05) is 58.2 Å². The fourth-order valence-corrected chi connectivity index (χ4v) is 7.56. The fraction of sp³-hybridized carbons (Fsp3) is 0.815. The number of ether oxygens (including phenoxy) is 2. The van der Waals surface area contributed by atoms with Crippen LogP contribution in [0.25, 0.3) is 11.2 Å². The molecule has 296 valence electrons. The van der Waals surface area contributed by atoms with E-state index >= 15 is 0 Å². The van der Waals surface area contributed by atoms with Crippen LogP contribution in [0.4, 0.5) is 5.82 Å². The van der Waals surface area contributed by atoms with Gasteiger partial charge in [0.1, 0.15) is 43.0 Å². The van der Waals surface area contributed by atoms with Crippen LogP contribution in [0.2, 0.25) is 0 Å². The molecule has 9 N–H and O–H groups in total. The van der Waals surface area contributed by atoms with Gasteiger partial charge in [-0.2, -0.15) is 4.31 Å². The highest BCUT2D eigenvalue weighted by Crippen LogP contribution is 2.60. The average molecular weight is 841 g/mol. The number of rotatable bonds is 15. The molecule has 2 aliphatic rings. The Hall–Kier alpha value is -1.27. The molecule has 0 radical (unpaired) electrons. The minimum atomic E-state index is -5.33. The van der Waals surface area contributed by atoms with Crippen molar-refractivity contribution in [1.29, 1.82) is 0 Å². The summed E-state index contributed by atoms with van der Waals surface area (Å²) in [4.78, 5) is 36.2. The zero-order valence-electron chi connectivity index (χ0n) is 29.4. The lowest BCUT2D eigenvalue weighted by Gasteiger charge is -2.20. The van der Waals surface area contributed by atoms with E-state index in [1.54, 1.807) is 0 Å². The van der Waals surface area contributed by atoms with Crippen molar-refractivity contribution in [3.8, 4) is 0 Å². The number of anilines is 1. The number of nitrogens with two attached hydrogens (primary N) is 1. The van der Waals surface area contributed by atoms with Crippen molar-refractivity contribution >= 4 is 48.6 Å². The van der Waals surface area contributed by atoms with E-state index in [1.807, 2.05) is 0 Å². The van der Waals surface area contributed by atoms with Crippen molar-refractivity contribution in [3.05, 3.63) is 11.1 Å². The highest BCUT2D eigenvalue weighted by atomic mass is 79.9. The molecule has 0 amide bonds. The number of imidazole rings is 1. The molecule has 0 spiro atoms. The van der Waals surface area contributed by atoms with Crippen LogP contribution in [0.1, 0.15) is 47.8 Å². The Morgan fingerprint density at radius 3 is 1.65 bits per heavy atom. The summed E-state index contributed by atoms with van der Waals surface area (Å²) in [7, 11) is -10.6. The molecule has 51 heavy (non-hydrogen) atoms. The smallest absolute Gasteiger partial charge is 0.387 e. The number of fused-ring (bicyclic) bond motifs is 1. The average Bonchev–Trinajstić information content (AvgIpc) is 3.66. The summed E-state index contributed by atoms with van der Waals surface area (Å²) >= 11 is 3.17. The monoisotopic (exact) mass is 839 g/mol. The first-order chi connectivity index (χ1) is 23.9. The summed E-state index contributed by atoms with van der Waals surface area (Å²) in [5.41, 5.74) is 6.07. The number of nitrogen functional groups attached to an aromatic ring is 1. The van der Waals surface area contributed by atoms with Gasteiger partial charge in [0.05, 0.1) is 13.2 Å². The lowest BCUT2D eigenvalue weighted by molar-refractivity contribution is -0.132. The van der Waals surface area contributed by atoms with E-state index in [4.69, 9.17) is 15.2 Å². The first kappa shape index (κ1) is 45.9. The highest BCUT2D eigenvalue weighted by Gasteiger charge is 2.47. The maximum atomic E-state index is 12.2. The molecular weight excluding hydrogens is 788 g/mol. The quantitative estimate of drug-likeness (QED) is 0.0876. The van der Waals surface area contributed by atoms with Crippen LogP contribution in [0.3, 0.4) is 0 Å². The maximum Gasteiger partial charge on any atom is 0.481 e. The number of aromatic nitrogens is 4. The molecule has 2 aromatic heterocycles. The summed E-state index contributed by atoms with van der Waals surface area (Å²) in [5.74, 6) is 0.0350. The number of hydrogen-bond acceptors (Lipinski definition) is 18. The zero-order valence-corrected chi connectivity index (χ0v) is 32.7. The van der Waals surface area contributed by atoms with Gasteiger partial charge in [0.25, 0.3) is 0 Å². The Balaban J connectivity index is 0.000000543. The molecule has 3 unspecified atom stereocenters. The third kappa shape index (κ3) is 12.9. The fourth-order valence-electron chi connectivity index (χ4n) is 4.93. The molecule has 2 saturated heterocycles. The minimum absolute atomic E-state index is 0.0350. The molecule has 4 rings (SSSR count). The second-order valence-electron chi connectivity index (χ2n) is 11.1. The van der Waals surface area contributed by atoms with E-state index in [2.05, 4.69) is 95.6 Å². The van der Waals surface area contributed by atoms with E-state index in [0.29, 0.717) is 0 Å². The number of phosphoric ester groups is 2. The Kier molecular flexibility index (Phi) is 18.9. The van der Waals surface area contributed by atoms with Crippen LogP contribution in [-0.4, -0.2) is 160 Å². The first-order valence-corrected chi connectivity index (χ1v) is 20.1. The zero-order chi connectivity index (χ0) is 38.7. The summed E-state index contributed by atoms with van der Waals surface area (Å²) in [6, 6.07) is 0. The number of nitrogens with zero attached hydrogens (tertiary/aromatic N) is 6. The molecule has 24 heteroatoms. The Morgan fingerprint density at radius 1 is 0.784 bits per heavy atom. The van der Waals surface area contributed by atoms with Gasteiger partial charge in [0, 0.05) is 0 Å². The Morgan fingerprint density at radius 2 is 1.24 bits per heavy atom. The van der Waals surface area contributed by atoms with E-state index < -0.39 is 78.0 Å². The van der Waals surface area contributed by atoms with Gasteiger partial charge < -0.3 is 60.3 Å². The third-order valence-electron chi connectivity index (χ3n) is 8.08. The van der Waals surface area contributed by atoms with E-state index in [-0.39, 0.29) is 21.7 Å². The second kappa shape index (κ2) is 21.0. The largest absolute Gasteiger partial charge is 0.481 e. The van der Waals surface area contributed by atoms with Crippen LogP contribution in [0, 0.1) is 0 Å². The summed E-state index contributed by atoms with van der Waals surface area (Å²) in [5, 5.41) is 49.2. The normalized spacial score (nSPS) is 28.6. The Labute approximate surface area is 304 Å². The summed E-state index contributed by atoms with van der Waals surface area (Å²) in [6.45, 7) is 18.4. The predicted molar refractivity (Wildman–Crippen MR) is 186 cm³/mol. The second-order valence-corrected chi connectivity index (χ2v) is 14.9. The van der Waals surface area contributed by atoms with Crippen molar-refractivity contribution in [2.24, 2.45) is 0 Å². The Bertz CT molecular complexity index is 1420. The number of hydrogen-bond donors (Lipinski definition) is 8. The number of aliphatic hydroxyl groups excluding tert-OH is 5. The van der Waals surface area contributed by atoms with E-state index in [1.165, 1.54) is 43.8 Å². The van der Waals surface area contributed by atoms with E-state index in [0.717, 1.165) is 6.33 Å². The molecule has 0 saturated carbocycles. The molecule has 0 aromatic carbocycles.